The van der Waals surface area contributed by atoms with Crippen molar-refractivity contribution in [3.8, 4) is 0 Å². The average molecular weight is 262 g/mol. The van der Waals surface area contributed by atoms with Crippen LogP contribution < -0.4 is 0 Å². The summed E-state index contributed by atoms with van der Waals surface area (Å²) in [6.45, 7) is 7.45. The zero-order valence-corrected chi connectivity index (χ0v) is 11.9. The molecule has 0 radical (unpaired) electrons. The number of benzene rings is 1. The van der Waals surface area contributed by atoms with Gasteiger partial charge in [-0.05, 0) is 37.6 Å². The van der Waals surface area contributed by atoms with E-state index in [4.69, 9.17) is 0 Å². The van der Waals surface area contributed by atoms with E-state index in [1.807, 2.05) is 32.0 Å². The first-order chi connectivity index (χ1) is 9.00. The number of likely N-dealkylation sites (N-methyl/N-ethyl adjacent to an activating group) is 1. The number of aliphatic carboxylic acids is 1. The van der Waals surface area contributed by atoms with Gasteiger partial charge in [-0.25, -0.2) is 0 Å². The van der Waals surface area contributed by atoms with Crippen LogP contribution in [0.15, 0.2) is 18.2 Å². The molecule has 0 saturated carbocycles. The fourth-order valence-electron chi connectivity index (χ4n) is 2.80. The lowest BCUT2D eigenvalue weighted by Gasteiger charge is -2.37. The molecule has 1 aliphatic heterocycles. The first kappa shape index (κ1) is 14.0. The molecule has 19 heavy (non-hydrogen) atoms. The summed E-state index contributed by atoms with van der Waals surface area (Å²) in [5, 5.41) is 9.64. The molecule has 0 bridgehead atoms. The molecule has 0 aliphatic carbocycles. The first-order valence-corrected chi connectivity index (χ1v) is 6.72. The number of piperazine rings is 1. The highest BCUT2D eigenvalue weighted by atomic mass is 16.4. The summed E-state index contributed by atoms with van der Waals surface area (Å²) in [6, 6.07) is 5.45. The van der Waals surface area contributed by atoms with Gasteiger partial charge in [-0.1, -0.05) is 18.2 Å². The second-order valence-electron chi connectivity index (χ2n) is 5.39. The molecule has 1 fully saturated rings. The van der Waals surface area contributed by atoms with E-state index < -0.39 is 12.0 Å². The normalized spacial score (nSPS) is 19.3. The van der Waals surface area contributed by atoms with Gasteiger partial charge in [-0.2, -0.15) is 0 Å². The summed E-state index contributed by atoms with van der Waals surface area (Å²) in [7, 11) is 2.08. The Labute approximate surface area is 114 Å². The maximum atomic E-state index is 11.7. The number of rotatable bonds is 3. The lowest BCUT2D eigenvalue weighted by molar-refractivity contribution is -0.144. The van der Waals surface area contributed by atoms with Crippen molar-refractivity contribution in [3.05, 3.63) is 34.9 Å². The smallest absolute Gasteiger partial charge is 0.325 e. The third kappa shape index (κ3) is 2.96. The van der Waals surface area contributed by atoms with Gasteiger partial charge in [0, 0.05) is 26.2 Å². The van der Waals surface area contributed by atoms with Gasteiger partial charge < -0.3 is 10.0 Å². The summed E-state index contributed by atoms with van der Waals surface area (Å²) in [4.78, 5) is 16.0. The van der Waals surface area contributed by atoms with Gasteiger partial charge in [-0.3, -0.25) is 9.69 Å². The molecule has 0 spiro atoms. The van der Waals surface area contributed by atoms with Crippen LogP contribution in [0.2, 0.25) is 0 Å². The average Bonchev–Trinajstić information content (AvgIpc) is 2.35. The third-order valence-corrected chi connectivity index (χ3v) is 3.95. The van der Waals surface area contributed by atoms with Crippen LogP contribution in [0.1, 0.15) is 22.7 Å². The standard InChI is InChI=1S/C15H22N2O2/c1-11-5-4-6-12(2)13(11)14(15(18)19)17-9-7-16(3)8-10-17/h4-6,14H,7-10H2,1-3H3,(H,18,19). The quantitative estimate of drug-likeness (QED) is 0.900. The van der Waals surface area contributed by atoms with Crippen molar-refractivity contribution < 1.29 is 9.90 Å². The molecule has 2 rings (SSSR count). The van der Waals surface area contributed by atoms with Gasteiger partial charge in [0.15, 0.2) is 0 Å². The van der Waals surface area contributed by atoms with Crippen molar-refractivity contribution >= 4 is 5.97 Å². The number of nitrogens with zero attached hydrogens (tertiary/aromatic N) is 2. The molecule has 1 heterocycles. The van der Waals surface area contributed by atoms with Crippen molar-refractivity contribution in [2.24, 2.45) is 0 Å². The Bertz CT molecular complexity index is 445. The van der Waals surface area contributed by atoms with Gasteiger partial charge in [0.05, 0.1) is 0 Å². The minimum Gasteiger partial charge on any atom is -0.480 e. The SMILES string of the molecule is Cc1cccc(C)c1C(C(=O)O)N1CCN(C)CC1. The highest BCUT2D eigenvalue weighted by Gasteiger charge is 2.31. The summed E-state index contributed by atoms with van der Waals surface area (Å²) in [5.74, 6) is -0.748. The van der Waals surface area contributed by atoms with Crippen molar-refractivity contribution in [1.29, 1.82) is 0 Å². The molecule has 1 unspecified atom stereocenters. The van der Waals surface area contributed by atoms with E-state index in [9.17, 15) is 9.90 Å². The molecule has 0 amide bonds. The number of hydrogen-bond acceptors (Lipinski definition) is 3. The van der Waals surface area contributed by atoms with E-state index in [1.165, 1.54) is 0 Å². The summed E-state index contributed by atoms with van der Waals surface area (Å²) < 4.78 is 0. The van der Waals surface area contributed by atoms with E-state index in [0.29, 0.717) is 0 Å². The van der Waals surface area contributed by atoms with Crippen LogP contribution in [-0.2, 0) is 4.79 Å². The Morgan fingerprint density at radius 3 is 2.16 bits per heavy atom. The maximum absolute atomic E-state index is 11.7. The van der Waals surface area contributed by atoms with Crippen LogP contribution in [0.3, 0.4) is 0 Å². The molecule has 104 valence electrons. The highest BCUT2D eigenvalue weighted by molar-refractivity contribution is 5.76. The van der Waals surface area contributed by atoms with Crippen LogP contribution >= 0.6 is 0 Å². The fourth-order valence-corrected chi connectivity index (χ4v) is 2.80. The molecule has 1 aromatic rings. The number of aryl methyl sites for hydroxylation is 2. The van der Waals surface area contributed by atoms with E-state index in [0.717, 1.165) is 42.9 Å². The van der Waals surface area contributed by atoms with Crippen LogP contribution in [-0.4, -0.2) is 54.1 Å². The van der Waals surface area contributed by atoms with Crippen molar-refractivity contribution in [2.45, 2.75) is 19.9 Å². The zero-order valence-electron chi connectivity index (χ0n) is 11.9. The van der Waals surface area contributed by atoms with E-state index in [2.05, 4.69) is 16.8 Å². The molecular formula is C15H22N2O2. The molecule has 1 atom stereocenters. The summed E-state index contributed by atoms with van der Waals surface area (Å²) >= 11 is 0. The van der Waals surface area contributed by atoms with Crippen LogP contribution in [0.5, 0.6) is 0 Å². The largest absolute Gasteiger partial charge is 0.480 e. The zero-order chi connectivity index (χ0) is 14.0. The highest BCUT2D eigenvalue weighted by Crippen LogP contribution is 2.28. The molecule has 1 N–H and O–H groups in total. The number of carboxylic acids is 1. The molecule has 0 aromatic heterocycles. The molecule has 4 heteroatoms. The predicted molar refractivity (Wildman–Crippen MR) is 75.4 cm³/mol. The van der Waals surface area contributed by atoms with Gasteiger partial charge in [0.25, 0.3) is 0 Å². The van der Waals surface area contributed by atoms with Crippen molar-refractivity contribution in [3.63, 3.8) is 0 Å². The monoisotopic (exact) mass is 262 g/mol. The predicted octanol–water partition coefficient (Wildman–Crippen LogP) is 1.68. The second kappa shape index (κ2) is 5.72. The fraction of sp³-hybridized carbons (Fsp3) is 0.533. The minimum absolute atomic E-state index is 0.519. The summed E-state index contributed by atoms with van der Waals surface area (Å²) in [6.07, 6.45) is 0. The Kier molecular flexibility index (Phi) is 4.22. The lowest BCUT2D eigenvalue weighted by atomic mass is 9.94. The van der Waals surface area contributed by atoms with E-state index in [1.54, 1.807) is 0 Å². The van der Waals surface area contributed by atoms with Crippen LogP contribution in [0.25, 0.3) is 0 Å². The topological polar surface area (TPSA) is 43.8 Å². The van der Waals surface area contributed by atoms with E-state index >= 15 is 0 Å². The Morgan fingerprint density at radius 1 is 1.16 bits per heavy atom. The lowest BCUT2D eigenvalue weighted by Crippen LogP contribution is -2.48. The second-order valence-corrected chi connectivity index (χ2v) is 5.39. The van der Waals surface area contributed by atoms with Gasteiger partial charge in [0.2, 0.25) is 0 Å². The summed E-state index contributed by atoms with van der Waals surface area (Å²) in [5.41, 5.74) is 3.08. The maximum Gasteiger partial charge on any atom is 0.325 e. The van der Waals surface area contributed by atoms with E-state index in [-0.39, 0.29) is 0 Å². The van der Waals surface area contributed by atoms with Crippen LogP contribution in [0, 0.1) is 13.8 Å². The van der Waals surface area contributed by atoms with Gasteiger partial charge >= 0.3 is 5.97 Å². The molecule has 1 saturated heterocycles. The van der Waals surface area contributed by atoms with Gasteiger partial charge in [-0.15, -0.1) is 0 Å². The molecule has 1 aromatic carbocycles. The number of carbonyl (C=O) groups is 1. The third-order valence-electron chi connectivity index (χ3n) is 3.95. The Hall–Kier alpha value is -1.39. The Morgan fingerprint density at radius 2 is 1.68 bits per heavy atom. The Balaban J connectivity index is 2.33. The van der Waals surface area contributed by atoms with Crippen molar-refractivity contribution in [2.75, 3.05) is 33.2 Å². The number of carboxylic acid groups (broad SMARTS) is 1. The first-order valence-electron chi connectivity index (χ1n) is 6.72. The molecule has 1 aliphatic rings. The minimum atomic E-state index is -0.748. The van der Waals surface area contributed by atoms with Gasteiger partial charge in [0.1, 0.15) is 6.04 Å². The number of hydrogen-bond donors (Lipinski definition) is 1. The molecular weight excluding hydrogens is 240 g/mol. The van der Waals surface area contributed by atoms with Crippen molar-refractivity contribution in [1.82, 2.24) is 9.80 Å². The molecule has 4 nitrogen and oxygen atoms in total. The van der Waals surface area contributed by atoms with Crippen LogP contribution in [0.4, 0.5) is 0 Å².